The van der Waals surface area contributed by atoms with Crippen LogP contribution >= 0.6 is 0 Å². The Balaban J connectivity index is 1.23. The highest BCUT2D eigenvalue weighted by molar-refractivity contribution is 6.05. The number of nitrogens with one attached hydrogen (secondary N) is 2. The maximum Gasteiger partial charge on any atom is 0.255 e. The standard InChI is InChI=1S/C28H26N4O2/c29-27-25(7-4-18-30-27)32-28(34)24-15-10-21(11-16-24)19-31-26(33)17-12-20-8-13-23(14-9-20)22-5-2-1-3-6-22/h1-11,13-16,18H,12,17,19H2,(H2,29,30)(H,31,33)(H,32,34). The normalized spacial score (nSPS) is 10.5. The predicted molar refractivity (Wildman–Crippen MR) is 135 cm³/mol. The molecular weight excluding hydrogens is 424 g/mol. The first kappa shape index (κ1) is 22.7. The highest BCUT2D eigenvalue weighted by Crippen LogP contribution is 2.20. The van der Waals surface area contributed by atoms with E-state index in [4.69, 9.17) is 5.73 Å². The number of carbonyl (C=O) groups excluding carboxylic acids is 2. The van der Waals surface area contributed by atoms with Gasteiger partial charge in [-0.05, 0) is 52.9 Å². The van der Waals surface area contributed by atoms with E-state index in [1.54, 1.807) is 30.5 Å². The van der Waals surface area contributed by atoms with Crippen LogP contribution in [0, 0.1) is 0 Å². The van der Waals surface area contributed by atoms with Crippen molar-refractivity contribution in [3.63, 3.8) is 0 Å². The third kappa shape index (κ3) is 6.07. The lowest BCUT2D eigenvalue weighted by Crippen LogP contribution is -2.23. The number of rotatable bonds is 8. The molecule has 0 aliphatic carbocycles. The first-order valence-electron chi connectivity index (χ1n) is 11.1. The molecule has 1 aromatic heterocycles. The fraction of sp³-hybridized carbons (Fsp3) is 0.107. The van der Waals surface area contributed by atoms with Gasteiger partial charge in [0.15, 0.2) is 0 Å². The van der Waals surface area contributed by atoms with Gasteiger partial charge in [-0.3, -0.25) is 9.59 Å². The fourth-order valence-corrected chi connectivity index (χ4v) is 3.53. The Bertz CT molecular complexity index is 1250. The van der Waals surface area contributed by atoms with E-state index in [1.807, 2.05) is 30.3 Å². The van der Waals surface area contributed by atoms with Gasteiger partial charge in [-0.2, -0.15) is 0 Å². The quantitative estimate of drug-likeness (QED) is 0.358. The molecular formula is C28H26N4O2. The monoisotopic (exact) mass is 450 g/mol. The summed E-state index contributed by atoms with van der Waals surface area (Å²) in [6, 6.07) is 29.0. The minimum absolute atomic E-state index is 0.0130. The number of nitrogens with zero attached hydrogens (tertiary/aromatic N) is 1. The fourth-order valence-electron chi connectivity index (χ4n) is 3.53. The Morgan fingerprint density at radius 3 is 2.15 bits per heavy atom. The van der Waals surface area contributed by atoms with Gasteiger partial charge in [0, 0.05) is 24.7 Å². The minimum atomic E-state index is -0.270. The summed E-state index contributed by atoms with van der Waals surface area (Å²) in [7, 11) is 0. The number of anilines is 2. The molecule has 2 amide bonds. The maximum atomic E-state index is 12.4. The van der Waals surface area contributed by atoms with Gasteiger partial charge in [-0.25, -0.2) is 4.98 Å². The lowest BCUT2D eigenvalue weighted by Gasteiger charge is -2.09. The molecule has 6 heteroatoms. The summed E-state index contributed by atoms with van der Waals surface area (Å²) in [5.74, 6) is -0.0168. The molecule has 0 aliphatic rings. The van der Waals surface area contributed by atoms with Crippen molar-refractivity contribution in [2.75, 3.05) is 11.1 Å². The van der Waals surface area contributed by atoms with Crippen molar-refractivity contribution in [2.24, 2.45) is 0 Å². The molecule has 170 valence electrons. The molecule has 1 heterocycles. The average molecular weight is 451 g/mol. The molecule has 0 aliphatic heterocycles. The van der Waals surface area contributed by atoms with Crippen molar-refractivity contribution in [3.8, 4) is 11.1 Å². The molecule has 0 unspecified atom stereocenters. The Kier molecular flexibility index (Phi) is 7.30. The molecule has 4 aromatic rings. The third-order valence-corrected chi connectivity index (χ3v) is 5.49. The Morgan fingerprint density at radius 1 is 0.765 bits per heavy atom. The predicted octanol–water partition coefficient (Wildman–Crippen LogP) is 4.83. The van der Waals surface area contributed by atoms with Gasteiger partial charge in [-0.1, -0.05) is 66.7 Å². The van der Waals surface area contributed by atoms with Gasteiger partial charge in [0.05, 0.1) is 5.69 Å². The van der Waals surface area contributed by atoms with Crippen molar-refractivity contribution < 1.29 is 9.59 Å². The van der Waals surface area contributed by atoms with Gasteiger partial charge < -0.3 is 16.4 Å². The highest BCUT2D eigenvalue weighted by Gasteiger charge is 2.09. The molecule has 0 saturated heterocycles. The summed E-state index contributed by atoms with van der Waals surface area (Å²) in [4.78, 5) is 28.7. The van der Waals surface area contributed by atoms with Gasteiger partial charge >= 0.3 is 0 Å². The van der Waals surface area contributed by atoms with Crippen molar-refractivity contribution >= 4 is 23.3 Å². The van der Waals surface area contributed by atoms with Crippen LogP contribution in [0.5, 0.6) is 0 Å². The number of nitrogen functional groups attached to an aromatic ring is 1. The Morgan fingerprint density at radius 2 is 1.44 bits per heavy atom. The van der Waals surface area contributed by atoms with Crippen LogP contribution in [0.2, 0.25) is 0 Å². The number of hydrogen-bond donors (Lipinski definition) is 3. The van der Waals surface area contributed by atoms with Gasteiger partial charge in [0.2, 0.25) is 5.91 Å². The van der Waals surface area contributed by atoms with Crippen molar-refractivity contribution in [1.29, 1.82) is 0 Å². The molecule has 0 fully saturated rings. The Hall–Kier alpha value is -4.45. The molecule has 4 rings (SSSR count). The lowest BCUT2D eigenvalue weighted by atomic mass is 10.0. The molecule has 3 aromatic carbocycles. The molecule has 0 spiro atoms. The van der Waals surface area contributed by atoms with Crippen molar-refractivity contribution in [2.45, 2.75) is 19.4 Å². The number of carbonyl (C=O) groups is 2. The van der Waals surface area contributed by atoms with Gasteiger partial charge in [0.1, 0.15) is 5.82 Å². The second kappa shape index (κ2) is 10.9. The van der Waals surface area contributed by atoms with Crippen LogP contribution < -0.4 is 16.4 Å². The second-order valence-corrected chi connectivity index (χ2v) is 7.93. The van der Waals surface area contributed by atoms with Crippen LogP contribution in [0.15, 0.2) is 97.2 Å². The number of aromatic nitrogens is 1. The molecule has 34 heavy (non-hydrogen) atoms. The summed E-state index contributed by atoms with van der Waals surface area (Å²) < 4.78 is 0. The topological polar surface area (TPSA) is 97.1 Å². The van der Waals surface area contributed by atoms with E-state index in [0.717, 1.165) is 16.7 Å². The summed E-state index contributed by atoms with van der Waals surface area (Å²) in [6.07, 6.45) is 2.66. The molecule has 4 N–H and O–H groups in total. The molecule has 6 nitrogen and oxygen atoms in total. The van der Waals surface area contributed by atoms with E-state index in [2.05, 4.69) is 52.0 Å². The van der Waals surface area contributed by atoms with Gasteiger partial charge in [-0.15, -0.1) is 0 Å². The number of benzene rings is 3. The number of nitrogens with two attached hydrogens (primary N) is 1. The summed E-state index contributed by atoms with van der Waals surface area (Å²) >= 11 is 0. The average Bonchev–Trinajstić information content (AvgIpc) is 2.88. The first-order chi connectivity index (χ1) is 16.6. The van der Waals surface area contributed by atoms with Crippen LogP contribution in [-0.2, 0) is 17.8 Å². The summed E-state index contributed by atoms with van der Waals surface area (Å²) in [5, 5.41) is 5.68. The van der Waals surface area contributed by atoms with Crippen molar-refractivity contribution in [1.82, 2.24) is 10.3 Å². The van der Waals surface area contributed by atoms with E-state index in [-0.39, 0.29) is 17.6 Å². The van der Waals surface area contributed by atoms with Crippen LogP contribution in [0.3, 0.4) is 0 Å². The number of hydrogen-bond acceptors (Lipinski definition) is 4. The zero-order valence-corrected chi connectivity index (χ0v) is 18.7. The Labute approximate surface area is 198 Å². The SMILES string of the molecule is Nc1ncccc1NC(=O)c1ccc(CNC(=O)CCc2ccc(-c3ccccc3)cc2)cc1. The van der Waals surface area contributed by atoms with E-state index in [9.17, 15) is 9.59 Å². The van der Waals surface area contributed by atoms with Crippen LogP contribution in [-0.4, -0.2) is 16.8 Å². The third-order valence-electron chi connectivity index (χ3n) is 5.49. The molecule has 0 bridgehead atoms. The second-order valence-electron chi connectivity index (χ2n) is 7.93. The maximum absolute atomic E-state index is 12.4. The molecule has 0 radical (unpaired) electrons. The van der Waals surface area contributed by atoms with E-state index in [1.165, 1.54) is 5.56 Å². The van der Waals surface area contributed by atoms with Gasteiger partial charge in [0.25, 0.3) is 5.91 Å². The smallest absolute Gasteiger partial charge is 0.255 e. The van der Waals surface area contributed by atoms with Crippen molar-refractivity contribution in [3.05, 3.63) is 114 Å². The van der Waals surface area contributed by atoms with E-state index in [0.29, 0.717) is 30.6 Å². The van der Waals surface area contributed by atoms with E-state index < -0.39 is 0 Å². The van der Waals surface area contributed by atoms with Crippen LogP contribution in [0.4, 0.5) is 11.5 Å². The number of amides is 2. The number of pyridine rings is 1. The minimum Gasteiger partial charge on any atom is -0.382 e. The van der Waals surface area contributed by atoms with E-state index >= 15 is 0 Å². The zero-order valence-electron chi connectivity index (χ0n) is 18.7. The zero-order chi connectivity index (χ0) is 23.8. The molecule has 0 atom stereocenters. The first-order valence-corrected chi connectivity index (χ1v) is 11.1. The highest BCUT2D eigenvalue weighted by atomic mass is 16.2. The molecule has 0 saturated carbocycles. The summed E-state index contributed by atoms with van der Waals surface area (Å²) in [5.41, 5.74) is 11.1. The largest absolute Gasteiger partial charge is 0.382 e. The number of aryl methyl sites for hydroxylation is 1. The summed E-state index contributed by atoms with van der Waals surface area (Å²) in [6.45, 7) is 0.406. The lowest BCUT2D eigenvalue weighted by molar-refractivity contribution is -0.121. The van der Waals surface area contributed by atoms with Crippen LogP contribution in [0.25, 0.3) is 11.1 Å². The van der Waals surface area contributed by atoms with Crippen LogP contribution in [0.1, 0.15) is 27.9 Å².